The Kier molecular flexibility index (Phi) is 6.47. The number of nitrogens with one attached hydrogen (secondary N) is 1. The third-order valence-corrected chi connectivity index (χ3v) is 4.46. The Balaban J connectivity index is 1.56. The average Bonchev–Trinajstić information content (AvgIpc) is 2.75. The highest BCUT2D eigenvalue weighted by molar-refractivity contribution is 5.76. The predicted octanol–water partition coefficient (Wildman–Crippen LogP) is 2.73. The van der Waals surface area contributed by atoms with E-state index in [9.17, 15) is 4.79 Å². The average molecular weight is 387 g/mol. The first-order chi connectivity index (χ1) is 13.6. The van der Waals surface area contributed by atoms with Crippen LogP contribution in [0.5, 0.6) is 28.7 Å². The van der Waals surface area contributed by atoms with Crippen LogP contribution in [-0.4, -0.2) is 40.5 Å². The first-order valence-electron chi connectivity index (χ1n) is 9.08. The number of ether oxygens (including phenoxy) is 5. The quantitative estimate of drug-likeness (QED) is 0.751. The van der Waals surface area contributed by atoms with Gasteiger partial charge in [0.2, 0.25) is 11.7 Å². The summed E-state index contributed by atoms with van der Waals surface area (Å²) in [6, 6.07) is 9.42. The van der Waals surface area contributed by atoms with Crippen LogP contribution >= 0.6 is 0 Å². The predicted molar refractivity (Wildman–Crippen MR) is 104 cm³/mol. The maximum atomic E-state index is 12.3. The van der Waals surface area contributed by atoms with Crippen LogP contribution in [0.15, 0.2) is 30.3 Å². The summed E-state index contributed by atoms with van der Waals surface area (Å²) in [6.45, 7) is 1.48. The summed E-state index contributed by atoms with van der Waals surface area (Å²) in [5.74, 6) is 3.09. The normalized spacial score (nSPS) is 12.2. The molecule has 7 heteroatoms. The lowest BCUT2D eigenvalue weighted by atomic mass is 10.1. The Morgan fingerprint density at radius 3 is 2.25 bits per heavy atom. The SMILES string of the molecule is COc1cc(CNC(=O)CCc2ccc3c(c2)OCCO3)cc(OC)c1OC. The molecule has 0 spiro atoms. The Morgan fingerprint density at radius 1 is 0.929 bits per heavy atom. The van der Waals surface area contributed by atoms with Gasteiger partial charge in [-0.25, -0.2) is 0 Å². The number of hydrogen-bond donors (Lipinski definition) is 1. The monoisotopic (exact) mass is 387 g/mol. The van der Waals surface area contributed by atoms with Gasteiger partial charge in [-0.15, -0.1) is 0 Å². The molecule has 0 aromatic heterocycles. The molecule has 150 valence electrons. The van der Waals surface area contributed by atoms with Crippen LogP contribution in [0.4, 0.5) is 0 Å². The number of rotatable bonds is 8. The molecule has 7 nitrogen and oxygen atoms in total. The van der Waals surface area contributed by atoms with Gasteiger partial charge in [0.05, 0.1) is 21.3 Å². The van der Waals surface area contributed by atoms with Gasteiger partial charge in [0.15, 0.2) is 23.0 Å². The molecule has 3 rings (SSSR count). The number of amides is 1. The van der Waals surface area contributed by atoms with Crippen LogP contribution in [0.25, 0.3) is 0 Å². The maximum Gasteiger partial charge on any atom is 0.220 e. The van der Waals surface area contributed by atoms with Crippen molar-refractivity contribution in [3.8, 4) is 28.7 Å². The molecule has 1 aliphatic rings. The van der Waals surface area contributed by atoms with Crippen molar-refractivity contribution < 1.29 is 28.5 Å². The Morgan fingerprint density at radius 2 is 1.61 bits per heavy atom. The van der Waals surface area contributed by atoms with E-state index in [-0.39, 0.29) is 5.91 Å². The lowest BCUT2D eigenvalue weighted by Gasteiger charge is -2.18. The van der Waals surface area contributed by atoms with Crippen molar-refractivity contribution in [3.63, 3.8) is 0 Å². The molecule has 0 unspecified atom stereocenters. The first kappa shape index (κ1) is 19.7. The van der Waals surface area contributed by atoms with Gasteiger partial charge in [0.25, 0.3) is 0 Å². The maximum absolute atomic E-state index is 12.3. The van der Waals surface area contributed by atoms with E-state index in [1.807, 2.05) is 30.3 Å². The molecule has 28 heavy (non-hydrogen) atoms. The largest absolute Gasteiger partial charge is 0.493 e. The summed E-state index contributed by atoms with van der Waals surface area (Å²) in [4.78, 5) is 12.3. The number of carbonyl (C=O) groups excluding carboxylic acids is 1. The second kappa shape index (κ2) is 9.21. The van der Waals surface area contributed by atoms with Gasteiger partial charge in [-0.2, -0.15) is 0 Å². The molecule has 1 N–H and O–H groups in total. The van der Waals surface area contributed by atoms with Crippen LogP contribution in [0.1, 0.15) is 17.5 Å². The highest BCUT2D eigenvalue weighted by Crippen LogP contribution is 2.38. The molecule has 0 radical (unpaired) electrons. The van der Waals surface area contributed by atoms with Gasteiger partial charge in [-0.3, -0.25) is 4.79 Å². The number of carbonyl (C=O) groups is 1. The van der Waals surface area contributed by atoms with Crippen LogP contribution in [-0.2, 0) is 17.8 Å². The van der Waals surface area contributed by atoms with Crippen molar-refractivity contribution in [2.45, 2.75) is 19.4 Å². The van der Waals surface area contributed by atoms with Crippen LogP contribution in [0, 0.1) is 0 Å². The minimum Gasteiger partial charge on any atom is -0.493 e. The molecule has 1 amide bonds. The van der Waals surface area contributed by atoms with Gasteiger partial charge in [0.1, 0.15) is 13.2 Å². The van der Waals surface area contributed by atoms with E-state index in [1.165, 1.54) is 0 Å². The third-order valence-electron chi connectivity index (χ3n) is 4.46. The molecule has 0 atom stereocenters. The molecule has 0 saturated carbocycles. The molecule has 0 fully saturated rings. The van der Waals surface area contributed by atoms with E-state index in [2.05, 4.69) is 5.32 Å². The van der Waals surface area contributed by atoms with E-state index in [0.29, 0.717) is 49.8 Å². The minimum absolute atomic E-state index is 0.0383. The Hall–Kier alpha value is -3.09. The zero-order valence-electron chi connectivity index (χ0n) is 16.4. The zero-order chi connectivity index (χ0) is 19.9. The number of fused-ring (bicyclic) bond motifs is 1. The number of methoxy groups -OCH3 is 3. The molecular weight excluding hydrogens is 362 g/mol. The summed E-state index contributed by atoms with van der Waals surface area (Å²) >= 11 is 0. The number of hydrogen-bond acceptors (Lipinski definition) is 6. The molecular formula is C21H25NO6. The molecule has 1 aliphatic heterocycles. The van der Waals surface area contributed by atoms with E-state index < -0.39 is 0 Å². The number of benzene rings is 2. The van der Waals surface area contributed by atoms with Crippen molar-refractivity contribution in [2.75, 3.05) is 34.5 Å². The lowest BCUT2D eigenvalue weighted by Crippen LogP contribution is -2.23. The van der Waals surface area contributed by atoms with Crippen LogP contribution in [0.3, 0.4) is 0 Å². The smallest absolute Gasteiger partial charge is 0.220 e. The van der Waals surface area contributed by atoms with Gasteiger partial charge in [-0.1, -0.05) is 6.07 Å². The summed E-state index contributed by atoms with van der Waals surface area (Å²) in [5.41, 5.74) is 1.90. The molecule has 0 aliphatic carbocycles. The summed E-state index contributed by atoms with van der Waals surface area (Å²) in [5, 5.41) is 2.92. The fourth-order valence-electron chi connectivity index (χ4n) is 3.03. The topological polar surface area (TPSA) is 75.3 Å². The summed E-state index contributed by atoms with van der Waals surface area (Å²) in [6.07, 6.45) is 1.00. The zero-order valence-corrected chi connectivity index (χ0v) is 16.4. The summed E-state index contributed by atoms with van der Waals surface area (Å²) < 4.78 is 27.1. The van der Waals surface area contributed by atoms with Crippen molar-refractivity contribution in [3.05, 3.63) is 41.5 Å². The van der Waals surface area contributed by atoms with Crippen LogP contribution < -0.4 is 29.0 Å². The molecule has 0 saturated heterocycles. The second-order valence-corrected chi connectivity index (χ2v) is 6.29. The fourth-order valence-corrected chi connectivity index (χ4v) is 3.03. The standard InChI is InChI=1S/C21H25NO6/c1-24-18-11-15(12-19(25-2)21(18)26-3)13-22-20(23)7-5-14-4-6-16-17(10-14)28-9-8-27-16/h4,6,10-12H,5,7-9,13H2,1-3H3,(H,22,23). The summed E-state index contributed by atoms with van der Waals surface area (Å²) in [7, 11) is 4.68. The Bertz CT molecular complexity index is 811. The van der Waals surface area contributed by atoms with Crippen molar-refractivity contribution in [1.29, 1.82) is 0 Å². The van der Waals surface area contributed by atoms with Gasteiger partial charge in [0, 0.05) is 13.0 Å². The highest BCUT2D eigenvalue weighted by Gasteiger charge is 2.14. The van der Waals surface area contributed by atoms with Crippen LogP contribution in [0.2, 0.25) is 0 Å². The first-order valence-corrected chi connectivity index (χ1v) is 9.08. The van der Waals surface area contributed by atoms with Crippen molar-refractivity contribution >= 4 is 5.91 Å². The third kappa shape index (κ3) is 4.60. The minimum atomic E-state index is -0.0383. The Labute approximate surface area is 164 Å². The van der Waals surface area contributed by atoms with Crippen molar-refractivity contribution in [2.24, 2.45) is 0 Å². The molecule has 0 bridgehead atoms. The van der Waals surface area contributed by atoms with E-state index in [0.717, 1.165) is 22.6 Å². The second-order valence-electron chi connectivity index (χ2n) is 6.29. The molecule has 1 heterocycles. The van der Waals surface area contributed by atoms with Gasteiger partial charge in [-0.05, 0) is 41.8 Å². The highest BCUT2D eigenvalue weighted by atomic mass is 16.6. The number of aryl methyl sites for hydroxylation is 1. The lowest BCUT2D eigenvalue weighted by molar-refractivity contribution is -0.121. The van der Waals surface area contributed by atoms with Gasteiger partial charge >= 0.3 is 0 Å². The van der Waals surface area contributed by atoms with E-state index >= 15 is 0 Å². The fraction of sp³-hybridized carbons (Fsp3) is 0.381. The van der Waals surface area contributed by atoms with E-state index in [4.69, 9.17) is 23.7 Å². The molecule has 2 aromatic rings. The van der Waals surface area contributed by atoms with Gasteiger partial charge < -0.3 is 29.0 Å². The molecule has 2 aromatic carbocycles. The van der Waals surface area contributed by atoms with E-state index in [1.54, 1.807) is 21.3 Å². The van der Waals surface area contributed by atoms with Crippen molar-refractivity contribution in [1.82, 2.24) is 5.32 Å².